The molecule has 154 valence electrons. The summed E-state index contributed by atoms with van der Waals surface area (Å²) < 4.78 is 7.22. The van der Waals surface area contributed by atoms with Gasteiger partial charge < -0.3 is 14.6 Å². The lowest BCUT2D eigenvalue weighted by Crippen LogP contribution is -2.26. The highest BCUT2D eigenvalue weighted by Gasteiger charge is 2.12. The first-order valence-electron chi connectivity index (χ1n) is 9.72. The van der Waals surface area contributed by atoms with Crippen molar-refractivity contribution in [3.8, 4) is 5.75 Å². The van der Waals surface area contributed by atoms with E-state index in [0.717, 1.165) is 21.8 Å². The lowest BCUT2D eigenvalue weighted by atomic mass is 10.1. The normalized spacial score (nSPS) is 15.6. The van der Waals surface area contributed by atoms with E-state index in [9.17, 15) is 4.79 Å². The molecule has 1 aromatic heterocycles. The maximum Gasteiger partial charge on any atom is 0.226 e. The van der Waals surface area contributed by atoms with Crippen molar-refractivity contribution in [2.24, 2.45) is 12.0 Å². The smallest absolute Gasteiger partial charge is 0.226 e. The Hall–Kier alpha value is -1.79. The first-order chi connectivity index (χ1) is 13.2. The van der Waals surface area contributed by atoms with Crippen LogP contribution in [-0.4, -0.2) is 23.6 Å². The fourth-order valence-corrected chi connectivity index (χ4v) is 4.36. The third kappa shape index (κ3) is 6.38. The number of thiazole rings is 1. The van der Waals surface area contributed by atoms with Gasteiger partial charge in [-0.3, -0.25) is 9.79 Å². The number of amides is 1. The van der Waals surface area contributed by atoms with Crippen LogP contribution in [-0.2, 0) is 24.8 Å². The Morgan fingerprint density at radius 3 is 2.54 bits per heavy atom. The molecule has 28 heavy (non-hydrogen) atoms. The zero-order valence-electron chi connectivity index (χ0n) is 16.6. The minimum absolute atomic E-state index is 0. The molecule has 0 saturated heterocycles. The molecule has 1 aromatic carbocycles. The minimum Gasteiger partial charge on any atom is -0.497 e. The summed E-state index contributed by atoms with van der Waals surface area (Å²) in [4.78, 5) is 18.3. The average molecular weight is 424 g/mol. The molecule has 0 bridgehead atoms. The molecule has 1 aliphatic carbocycles. The molecule has 1 fully saturated rings. The second-order valence-electron chi connectivity index (χ2n) is 7.14. The Bertz CT molecular complexity index is 806. The summed E-state index contributed by atoms with van der Waals surface area (Å²) in [5.41, 5.74) is 2.07. The van der Waals surface area contributed by atoms with E-state index in [0.29, 0.717) is 19.0 Å². The van der Waals surface area contributed by atoms with Gasteiger partial charge in [-0.15, -0.1) is 23.7 Å². The van der Waals surface area contributed by atoms with Gasteiger partial charge in [0.25, 0.3) is 0 Å². The van der Waals surface area contributed by atoms with E-state index in [4.69, 9.17) is 9.73 Å². The Balaban J connectivity index is 0.00000280. The molecular weight excluding hydrogens is 394 g/mol. The molecule has 5 nitrogen and oxygen atoms in total. The van der Waals surface area contributed by atoms with Gasteiger partial charge in [-0.05, 0) is 30.5 Å². The van der Waals surface area contributed by atoms with Gasteiger partial charge in [0.2, 0.25) is 5.91 Å². The van der Waals surface area contributed by atoms with Crippen molar-refractivity contribution in [2.75, 3.05) is 7.11 Å². The van der Waals surface area contributed by atoms with Gasteiger partial charge in [0.05, 0.1) is 19.6 Å². The van der Waals surface area contributed by atoms with Crippen LogP contribution in [0.25, 0.3) is 0 Å². The second-order valence-corrected chi connectivity index (χ2v) is 7.98. The predicted molar refractivity (Wildman–Crippen MR) is 116 cm³/mol. The van der Waals surface area contributed by atoms with E-state index in [1.807, 2.05) is 31.3 Å². The Morgan fingerprint density at radius 1 is 1.21 bits per heavy atom. The van der Waals surface area contributed by atoms with Crippen molar-refractivity contribution in [3.63, 3.8) is 0 Å². The zero-order valence-corrected chi connectivity index (χ0v) is 18.3. The molecule has 1 aliphatic rings. The molecule has 1 heterocycles. The molecule has 0 unspecified atom stereocenters. The monoisotopic (exact) mass is 423 g/mol. The third-order valence-corrected chi connectivity index (χ3v) is 6.11. The van der Waals surface area contributed by atoms with Crippen molar-refractivity contribution in [2.45, 2.75) is 57.5 Å². The molecule has 3 rings (SSSR count). The number of nitrogens with one attached hydrogen (secondary N) is 1. The number of benzene rings is 1. The van der Waals surface area contributed by atoms with Crippen LogP contribution < -0.4 is 14.9 Å². The summed E-state index contributed by atoms with van der Waals surface area (Å²) >= 11 is 1.64. The number of hydrogen-bond donors (Lipinski definition) is 1. The van der Waals surface area contributed by atoms with Crippen LogP contribution in [0.1, 0.15) is 49.8 Å². The molecule has 1 amide bonds. The Morgan fingerprint density at radius 2 is 1.89 bits per heavy atom. The lowest BCUT2D eigenvalue weighted by molar-refractivity contribution is -0.120. The lowest BCUT2D eigenvalue weighted by Gasteiger charge is -2.08. The summed E-state index contributed by atoms with van der Waals surface area (Å²) in [7, 11) is 3.66. The minimum atomic E-state index is 0. The van der Waals surface area contributed by atoms with Crippen LogP contribution in [0.15, 0.2) is 34.6 Å². The first-order valence-corrected chi connectivity index (χ1v) is 10.6. The van der Waals surface area contributed by atoms with Crippen LogP contribution >= 0.6 is 23.7 Å². The first kappa shape index (κ1) is 22.5. The van der Waals surface area contributed by atoms with Gasteiger partial charge in [0, 0.05) is 24.7 Å². The van der Waals surface area contributed by atoms with Crippen molar-refractivity contribution in [1.82, 2.24) is 9.88 Å². The highest BCUT2D eigenvalue weighted by Crippen LogP contribution is 2.19. The molecule has 0 spiro atoms. The Labute approximate surface area is 177 Å². The van der Waals surface area contributed by atoms with E-state index in [1.165, 1.54) is 38.5 Å². The maximum atomic E-state index is 12.3. The molecule has 0 radical (unpaired) electrons. The zero-order chi connectivity index (χ0) is 19.1. The van der Waals surface area contributed by atoms with Crippen LogP contribution in [0.3, 0.4) is 0 Å². The average Bonchev–Trinajstić information content (AvgIpc) is 2.89. The van der Waals surface area contributed by atoms with E-state index in [1.54, 1.807) is 18.4 Å². The van der Waals surface area contributed by atoms with Crippen LogP contribution in [0.5, 0.6) is 5.75 Å². The molecular formula is C21H30ClN3O2S. The van der Waals surface area contributed by atoms with Gasteiger partial charge >= 0.3 is 0 Å². The standard InChI is InChI=1S/C21H29N3O2S.ClH/c1-24-18(15-27-21(24)23-17-7-5-3-4-6-8-17)13-20(25)22-14-16-9-11-19(26-2)12-10-16;/h9-12,15,17H,3-8,13-14H2,1-2H3,(H,22,25);1H. The summed E-state index contributed by atoms with van der Waals surface area (Å²) in [5, 5.41) is 5.05. The van der Waals surface area contributed by atoms with Crippen LogP contribution in [0, 0.1) is 0 Å². The van der Waals surface area contributed by atoms with Crippen molar-refractivity contribution in [1.29, 1.82) is 0 Å². The number of aromatic nitrogens is 1. The Kier molecular flexibility index (Phi) is 9.06. The molecule has 2 aromatic rings. The van der Waals surface area contributed by atoms with E-state index in [2.05, 4.69) is 15.3 Å². The van der Waals surface area contributed by atoms with E-state index in [-0.39, 0.29) is 18.3 Å². The van der Waals surface area contributed by atoms with Crippen LogP contribution in [0.2, 0.25) is 0 Å². The fourth-order valence-electron chi connectivity index (χ4n) is 3.39. The van der Waals surface area contributed by atoms with E-state index >= 15 is 0 Å². The van der Waals surface area contributed by atoms with Crippen molar-refractivity contribution >= 4 is 29.7 Å². The third-order valence-electron chi connectivity index (χ3n) is 5.13. The fraction of sp³-hybridized carbons (Fsp3) is 0.524. The number of rotatable bonds is 6. The molecule has 1 saturated carbocycles. The maximum absolute atomic E-state index is 12.3. The predicted octanol–water partition coefficient (Wildman–Crippen LogP) is 4.00. The second kappa shape index (κ2) is 11.3. The van der Waals surface area contributed by atoms with Gasteiger partial charge in [-0.2, -0.15) is 0 Å². The van der Waals surface area contributed by atoms with Gasteiger partial charge in [-0.25, -0.2) is 0 Å². The number of methoxy groups -OCH3 is 1. The summed E-state index contributed by atoms with van der Waals surface area (Å²) in [6.07, 6.45) is 7.99. The topological polar surface area (TPSA) is 55.6 Å². The number of halogens is 1. The number of carbonyl (C=O) groups is 1. The largest absolute Gasteiger partial charge is 0.497 e. The number of ether oxygens (including phenoxy) is 1. The van der Waals surface area contributed by atoms with Crippen LogP contribution in [0.4, 0.5) is 0 Å². The van der Waals surface area contributed by atoms with Gasteiger partial charge in [-0.1, -0.05) is 37.8 Å². The SMILES string of the molecule is COc1ccc(CNC(=O)Cc2csc(=NC3CCCCCC3)n2C)cc1.Cl. The van der Waals surface area contributed by atoms with Gasteiger partial charge in [0.1, 0.15) is 5.75 Å². The quantitative estimate of drug-likeness (QED) is 0.714. The highest BCUT2D eigenvalue weighted by molar-refractivity contribution is 7.07. The number of nitrogens with zero attached hydrogens (tertiary/aromatic N) is 2. The van der Waals surface area contributed by atoms with E-state index < -0.39 is 0 Å². The molecule has 0 atom stereocenters. The molecule has 1 N–H and O–H groups in total. The summed E-state index contributed by atoms with van der Waals surface area (Å²) in [5.74, 6) is 0.848. The van der Waals surface area contributed by atoms with Gasteiger partial charge in [0.15, 0.2) is 4.80 Å². The highest BCUT2D eigenvalue weighted by atomic mass is 35.5. The summed E-state index contributed by atoms with van der Waals surface area (Å²) in [6.45, 7) is 0.524. The number of carbonyl (C=O) groups excluding carboxylic acids is 1. The molecule has 7 heteroatoms. The van der Waals surface area contributed by atoms with Crippen molar-refractivity contribution < 1.29 is 9.53 Å². The van der Waals surface area contributed by atoms with Crippen molar-refractivity contribution in [3.05, 3.63) is 45.7 Å². The number of hydrogen-bond acceptors (Lipinski definition) is 4. The summed E-state index contributed by atoms with van der Waals surface area (Å²) in [6, 6.07) is 8.18. The molecule has 0 aliphatic heterocycles.